The first-order valence-electron chi connectivity index (χ1n) is 10.5. The molecule has 6 heteroatoms. The zero-order valence-electron chi connectivity index (χ0n) is 17.9. The Kier molecular flexibility index (Phi) is 5.57. The molecule has 4 nitrogen and oxygen atoms in total. The average molecular weight is 503 g/mol. The summed E-state index contributed by atoms with van der Waals surface area (Å²) in [5.74, 6) is 0. The Morgan fingerprint density at radius 3 is 2.56 bits per heavy atom. The van der Waals surface area contributed by atoms with Crippen LogP contribution < -0.4 is 10.2 Å². The molecule has 160 valence electrons. The van der Waals surface area contributed by atoms with Crippen LogP contribution in [0.25, 0.3) is 5.69 Å². The van der Waals surface area contributed by atoms with Crippen LogP contribution in [0, 0.1) is 13.8 Å². The van der Waals surface area contributed by atoms with Crippen LogP contribution in [0.2, 0.25) is 0 Å². The van der Waals surface area contributed by atoms with Crippen molar-refractivity contribution in [3.63, 3.8) is 0 Å². The highest BCUT2D eigenvalue weighted by Crippen LogP contribution is 2.42. The number of hydrogen-bond acceptors (Lipinski definition) is 2. The molecule has 1 fully saturated rings. The molecule has 0 aliphatic carbocycles. The number of benzene rings is 2. The molecule has 1 saturated heterocycles. The topological polar surface area (TPSA) is 33.1 Å². The molecule has 32 heavy (non-hydrogen) atoms. The van der Waals surface area contributed by atoms with Gasteiger partial charge in [0.25, 0.3) is 0 Å². The summed E-state index contributed by atoms with van der Waals surface area (Å²) in [4.78, 5) is 6.88. The van der Waals surface area contributed by atoms with Crippen LogP contribution in [0.15, 0.2) is 89.7 Å². The van der Waals surface area contributed by atoms with Crippen LogP contribution in [0.3, 0.4) is 0 Å². The van der Waals surface area contributed by atoms with E-state index in [2.05, 4.69) is 116 Å². The molecule has 5 rings (SSSR count). The van der Waals surface area contributed by atoms with Crippen molar-refractivity contribution in [1.29, 1.82) is 0 Å². The summed E-state index contributed by atoms with van der Waals surface area (Å²) in [5, 5.41) is 4.25. The van der Waals surface area contributed by atoms with E-state index in [1.54, 1.807) is 0 Å². The summed E-state index contributed by atoms with van der Waals surface area (Å²) in [7, 11) is 0. The predicted octanol–water partition coefficient (Wildman–Crippen LogP) is 6.43. The van der Waals surface area contributed by atoms with Crippen molar-refractivity contribution in [2.24, 2.45) is 0 Å². The molecule has 2 aromatic carbocycles. The smallest absolute Gasteiger partial charge is 0.174 e. The van der Waals surface area contributed by atoms with E-state index >= 15 is 0 Å². The molecule has 1 aliphatic rings. The Bertz CT molecular complexity index is 1280. The standard InChI is InChI=1S/C26H23BrN4S/c1-17-7-5-8-19(15-17)30-14-6-10-23(30)25-24(22-9-3-4-13-28-22)29-26(32)31(25)20-11-12-21(27)18(2)16-20/h3-16,24-25H,1-2H3,(H,29,32)/t24-,25+/m0/s1. The number of pyridine rings is 1. The quantitative estimate of drug-likeness (QED) is 0.326. The van der Waals surface area contributed by atoms with Crippen molar-refractivity contribution in [2.75, 3.05) is 4.90 Å². The molecule has 0 spiro atoms. The summed E-state index contributed by atoms with van der Waals surface area (Å²) >= 11 is 9.50. The molecular weight excluding hydrogens is 480 g/mol. The largest absolute Gasteiger partial charge is 0.351 e. The minimum absolute atomic E-state index is 0.0616. The number of thiocarbonyl (C=S) groups is 1. The van der Waals surface area contributed by atoms with Crippen molar-refractivity contribution >= 4 is 38.9 Å². The van der Waals surface area contributed by atoms with Crippen LogP contribution in [0.1, 0.15) is 34.6 Å². The number of nitrogens with zero attached hydrogens (tertiary/aromatic N) is 3. The van der Waals surface area contributed by atoms with Crippen molar-refractivity contribution in [3.8, 4) is 5.69 Å². The van der Waals surface area contributed by atoms with Crippen molar-refractivity contribution in [1.82, 2.24) is 14.9 Å². The second-order valence-corrected chi connectivity index (χ2v) is 9.31. The van der Waals surface area contributed by atoms with Crippen LogP contribution in [-0.2, 0) is 0 Å². The predicted molar refractivity (Wildman–Crippen MR) is 137 cm³/mol. The number of nitrogens with one attached hydrogen (secondary N) is 1. The van der Waals surface area contributed by atoms with Gasteiger partial charge in [-0.15, -0.1) is 0 Å². The molecule has 4 aromatic rings. The molecule has 0 radical (unpaired) electrons. The maximum Gasteiger partial charge on any atom is 0.174 e. The monoisotopic (exact) mass is 502 g/mol. The van der Waals surface area contributed by atoms with Crippen LogP contribution in [-0.4, -0.2) is 14.7 Å². The zero-order chi connectivity index (χ0) is 22.2. The van der Waals surface area contributed by atoms with E-state index in [-0.39, 0.29) is 12.1 Å². The van der Waals surface area contributed by atoms with E-state index in [1.165, 1.54) is 11.1 Å². The lowest BCUT2D eigenvalue weighted by molar-refractivity contribution is 0.549. The third-order valence-electron chi connectivity index (χ3n) is 5.88. The van der Waals surface area contributed by atoms with Gasteiger partial charge in [-0.2, -0.15) is 0 Å². The molecule has 2 aromatic heterocycles. The molecule has 1 aliphatic heterocycles. The van der Waals surface area contributed by atoms with Crippen LogP contribution in [0.4, 0.5) is 5.69 Å². The fourth-order valence-corrected chi connectivity index (χ4v) is 4.95. The Hall–Kier alpha value is -2.96. The normalized spacial score (nSPS) is 18.1. The van der Waals surface area contributed by atoms with Crippen molar-refractivity contribution < 1.29 is 0 Å². The summed E-state index contributed by atoms with van der Waals surface area (Å²) in [6, 6.07) is 25.1. The third-order valence-corrected chi connectivity index (χ3v) is 7.09. The minimum atomic E-state index is -0.0777. The van der Waals surface area contributed by atoms with Gasteiger partial charge in [0.1, 0.15) is 6.04 Å². The van der Waals surface area contributed by atoms with E-state index in [9.17, 15) is 0 Å². The van der Waals surface area contributed by atoms with Gasteiger partial charge in [-0.05, 0) is 91.8 Å². The molecule has 0 bridgehead atoms. The Morgan fingerprint density at radius 2 is 1.81 bits per heavy atom. The lowest BCUT2D eigenvalue weighted by atomic mass is 10.0. The molecule has 0 unspecified atom stereocenters. The van der Waals surface area contributed by atoms with Gasteiger partial charge in [0.05, 0.1) is 11.7 Å². The Balaban J connectivity index is 1.68. The van der Waals surface area contributed by atoms with Gasteiger partial charge in [0, 0.05) is 33.9 Å². The molecule has 0 saturated carbocycles. The highest BCUT2D eigenvalue weighted by molar-refractivity contribution is 9.10. The lowest BCUT2D eigenvalue weighted by Gasteiger charge is -2.29. The molecule has 1 N–H and O–H groups in total. The molecular formula is C26H23BrN4S. The molecule has 2 atom stereocenters. The van der Waals surface area contributed by atoms with Gasteiger partial charge < -0.3 is 14.8 Å². The summed E-state index contributed by atoms with van der Waals surface area (Å²) in [6.45, 7) is 4.22. The van der Waals surface area contributed by atoms with E-state index in [4.69, 9.17) is 12.2 Å². The van der Waals surface area contributed by atoms with Gasteiger partial charge in [-0.3, -0.25) is 4.98 Å². The van der Waals surface area contributed by atoms with Crippen LogP contribution in [0.5, 0.6) is 0 Å². The number of rotatable bonds is 4. The summed E-state index contributed by atoms with van der Waals surface area (Å²) in [5.41, 5.74) is 6.70. The molecule has 3 heterocycles. The Labute approximate surface area is 202 Å². The fraction of sp³-hybridized carbons (Fsp3) is 0.154. The van der Waals surface area contributed by atoms with Gasteiger partial charge in [0.15, 0.2) is 5.11 Å². The third kappa shape index (κ3) is 3.74. The second-order valence-electron chi connectivity index (χ2n) is 8.07. The first kappa shape index (κ1) is 20.9. The highest BCUT2D eigenvalue weighted by Gasteiger charge is 2.42. The Morgan fingerprint density at radius 1 is 0.938 bits per heavy atom. The zero-order valence-corrected chi connectivity index (χ0v) is 20.3. The fourth-order valence-electron chi connectivity index (χ4n) is 4.36. The lowest BCUT2D eigenvalue weighted by Crippen LogP contribution is -2.30. The van der Waals surface area contributed by atoms with E-state index in [0.29, 0.717) is 5.11 Å². The molecule has 0 amide bonds. The number of hydrogen-bond donors (Lipinski definition) is 1. The number of halogens is 1. The number of anilines is 1. The highest BCUT2D eigenvalue weighted by atomic mass is 79.9. The van der Waals surface area contributed by atoms with Gasteiger partial charge in [0.2, 0.25) is 0 Å². The van der Waals surface area contributed by atoms with E-state index in [0.717, 1.165) is 27.2 Å². The van der Waals surface area contributed by atoms with Crippen molar-refractivity contribution in [3.05, 3.63) is 112 Å². The van der Waals surface area contributed by atoms with Gasteiger partial charge in [-0.1, -0.05) is 34.1 Å². The van der Waals surface area contributed by atoms with Gasteiger partial charge in [-0.25, -0.2) is 0 Å². The number of aryl methyl sites for hydroxylation is 2. The SMILES string of the molecule is Cc1cccc(-n2cccc2[C@@H]2[C@H](c3ccccn3)NC(=S)N2c2ccc(Br)c(C)c2)c1. The van der Waals surface area contributed by atoms with E-state index in [1.807, 2.05) is 18.3 Å². The first-order valence-corrected chi connectivity index (χ1v) is 11.7. The minimum Gasteiger partial charge on any atom is -0.351 e. The van der Waals surface area contributed by atoms with Crippen molar-refractivity contribution in [2.45, 2.75) is 25.9 Å². The first-order chi connectivity index (χ1) is 15.5. The summed E-state index contributed by atoms with van der Waals surface area (Å²) < 4.78 is 3.34. The van der Waals surface area contributed by atoms with Crippen LogP contribution >= 0.6 is 28.1 Å². The van der Waals surface area contributed by atoms with Gasteiger partial charge >= 0.3 is 0 Å². The summed E-state index contributed by atoms with van der Waals surface area (Å²) in [6.07, 6.45) is 3.95. The second kappa shape index (κ2) is 8.52. The number of aromatic nitrogens is 2. The maximum atomic E-state index is 5.87. The van der Waals surface area contributed by atoms with E-state index < -0.39 is 0 Å². The average Bonchev–Trinajstić information content (AvgIpc) is 3.40. The maximum absolute atomic E-state index is 5.87.